The zero-order chi connectivity index (χ0) is 20.7. The van der Waals surface area contributed by atoms with Crippen molar-refractivity contribution < 1.29 is 22.7 Å². The molecule has 0 aromatic heterocycles. The number of nitrogens with zero attached hydrogens (tertiary/aromatic N) is 1. The van der Waals surface area contributed by atoms with Gasteiger partial charge in [-0.3, -0.25) is 4.79 Å². The van der Waals surface area contributed by atoms with Gasteiger partial charge in [-0.2, -0.15) is 4.31 Å². The molecule has 0 spiro atoms. The van der Waals surface area contributed by atoms with Crippen molar-refractivity contribution in [3.8, 4) is 11.5 Å². The molecule has 0 aliphatic heterocycles. The van der Waals surface area contributed by atoms with E-state index in [0.717, 1.165) is 4.31 Å². The van der Waals surface area contributed by atoms with Crippen molar-refractivity contribution >= 4 is 33.2 Å². The Kier molecular flexibility index (Phi) is 7.68. The predicted molar refractivity (Wildman–Crippen MR) is 109 cm³/mol. The summed E-state index contributed by atoms with van der Waals surface area (Å²) in [5.74, 6) is 0.502. The average Bonchev–Trinajstić information content (AvgIpc) is 2.67. The van der Waals surface area contributed by atoms with Crippen LogP contribution in [0.3, 0.4) is 0 Å². The highest BCUT2D eigenvalue weighted by atomic mass is 35.5. The summed E-state index contributed by atoms with van der Waals surface area (Å²) in [6.45, 7) is 3.79. The summed E-state index contributed by atoms with van der Waals surface area (Å²) in [7, 11) is -2.37. The molecule has 7 nitrogen and oxygen atoms in total. The van der Waals surface area contributed by atoms with Gasteiger partial charge in [-0.25, -0.2) is 8.42 Å². The lowest BCUT2D eigenvalue weighted by molar-refractivity contribution is -0.116. The van der Waals surface area contributed by atoms with E-state index >= 15 is 0 Å². The molecule has 1 N–H and O–H groups in total. The average molecular weight is 427 g/mol. The third kappa shape index (κ3) is 5.37. The predicted octanol–water partition coefficient (Wildman–Crippen LogP) is 3.40. The number of ether oxygens (including phenoxy) is 2. The van der Waals surface area contributed by atoms with Gasteiger partial charge in [0.25, 0.3) is 0 Å². The van der Waals surface area contributed by atoms with Gasteiger partial charge in [-0.1, -0.05) is 18.5 Å². The molecule has 0 saturated carbocycles. The number of likely N-dealkylation sites (N-methyl/N-ethyl adjacent to an activating group) is 1. The summed E-state index contributed by atoms with van der Waals surface area (Å²) in [5, 5.41) is 3.06. The minimum atomic E-state index is -3.83. The van der Waals surface area contributed by atoms with Gasteiger partial charge in [-0.15, -0.1) is 0 Å². The molecular weight excluding hydrogens is 404 g/mol. The monoisotopic (exact) mass is 426 g/mol. The van der Waals surface area contributed by atoms with E-state index in [1.54, 1.807) is 31.2 Å². The molecule has 0 aliphatic rings. The number of anilines is 1. The van der Waals surface area contributed by atoms with E-state index in [4.69, 9.17) is 21.1 Å². The molecular formula is C19H23ClN2O5S. The summed E-state index contributed by atoms with van der Waals surface area (Å²) < 4.78 is 37.3. The number of benzene rings is 2. The number of carbonyl (C=O) groups excluding carboxylic acids is 1. The maximum Gasteiger partial charge on any atom is 0.243 e. The minimum absolute atomic E-state index is 0.0888. The number of carbonyl (C=O) groups is 1. The maximum absolute atomic E-state index is 12.9. The van der Waals surface area contributed by atoms with E-state index in [-0.39, 0.29) is 18.0 Å². The van der Waals surface area contributed by atoms with Crippen LogP contribution >= 0.6 is 11.6 Å². The maximum atomic E-state index is 12.9. The van der Waals surface area contributed by atoms with E-state index in [1.807, 2.05) is 6.92 Å². The smallest absolute Gasteiger partial charge is 0.243 e. The van der Waals surface area contributed by atoms with Crippen molar-refractivity contribution in [3.63, 3.8) is 0 Å². The van der Waals surface area contributed by atoms with E-state index in [9.17, 15) is 13.2 Å². The van der Waals surface area contributed by atoms with Crippen LogP contribution in [0.15, 0.2) is 47.4 Å². The fourth-order valence-electron chi connectivity index (χ4n) is 2.52. The number of halogens is 1. The molecule has 0 aliphatic carbocycles. The summed E-state index contributed by atoms with van der Waals surface area (Å²) in [5.41, 5.74) is 0.370. The first-order valence-electron chi connectivity index (χ1n) is 8.68. The van der Waals surface area contributed by atoms with Crippen LogP contribution in [0.5, 0.6) is 11.5 Å². The molecule has 0 bridgehead atoms. The van der Waals surface area contributed by atoms with Crippen LogP contribution in [0.1, 0.15) is 13.8 Å². The van der Waals surface area contributed by atoms with E-state index in [0.29, 0.717) is 28.8 Å². The van der Waals surface area contributed by atoms with Crippen LogP contribution in [0, 0.1) is 0 Å². The first-order valence-corrected chi connectivity index (χ1v) is 10.5. The normalized spacial score (nSPS) is 11.3. The molecule has 2 aromatic rings. The van der Waals surface area contributed by atoms with E-state index in [1.165, 1.54) is 25.3 Å². The highest BCUT2D eigenvalue weighted by Crippen LogP contribution is 2.28. The van der Waals surface area contributed by atoms with E-state index < -0.39 is 15.9 Å². The standard InChI is InChI=1S/C19H23ClN2O5S/c1-4-22(28(24,25)16-9-7-15(8-10-16)27-5-2)13-19(23)21-17-12-14(20)6-11-18(17)26-3/h6-12H,4-5,13H2,1-3H3,(H,21,23). The second kappa shape index (κ2) is 9.77. The Bertz CT molecular complexity index is 916. The van der Waals surface area contributed by atoms with Crippen LogP contribution in [0.2, 0.25) is 5.02 Å². The lowest BCUT2D eigenvalue weighted by Gasteiger charge is -2.20. The second-order valence-corrected chi connectivity index (χ2v) is 8.10. The van der Waals surface area contributed by atoms with Crippen LogP contribution in [-0.4, -0.2) is 45.4 Å². The lowest BCUT2D eigenvalue weighted by Crippen LogP contribution is -2.37. The zero-order valence-corrected chi connectivity index (χ0v) is 17.5. The topological polar surface area (TPSA) is 84.9 Å². The number of nitrogens with one attached hydrogen (secondary N) is 1. The minimum Gasteiger partial charge on any atom is -0.495 e. The number of sulfonamides is 1. The molecule has 2 rings (SSSR count). The molecule has 9 heteroatoms. The van der Waals surface area contributed by atoms with Crippen LogP contribution in [0.25, 0.3) is 0 Å². The quantitative estimate of drug-likeness (QED) is 0.664. The van der Waals surface area contributed by atoms with Gasteiger partial charge in [-0.05, 0) is 49.4 Å². The molecule has 0 heterocycles. The Hall–Kier alpha value is -2.29. The first kappa shape index (κ1) is 22.0. The number of rotatable bonds is 9. The van der Waals surface area contributed by atoms with Crippen molar-refractivity contribution in [3.05, 3.63) is 47.5 Å². The van der Waals surface area contributed by atoms with Gasteiger partial charge < -0.3 is 14.8 Å². The molecule has 0 atom stereocenters. The van der Waals surface area contributed by atoms with Gasteiger partial charge in [0.2, 0.25) is 15.9 Å². The molecule has 0 fully saturated rings. The second-order valence-electron chi connectivity index (χ2n) is 5.73. The Morgan fingerprint density at radius 1 is 1.14 bits per heavy atom. The summed E-state index contributed by atoms with van der Waals surface area (Å²) >= 11 is 5.95. The molecule has 28 heavy (non-hydrogen) atoms. The van der Waals surface area contributed by atoms with Crippen LogP contribution in [-0.2, 0) is 14.8 Å². The summed E-state index contributed by atoms with van der Waals surface area (Å²) in [6.07, 6.45) is 0. The Morgan fingerprint density at radius 2 is 1.82 bits per heavy atom. The van der Waals surface area contributed by atoms with Crippen molar-refractivity contribution in [2.75, 3.05) is 32.1 Å². The van der Waals surface area contributed by atoms with Gasteiger partial charge in [0.1, 0.15) is 11.5 Å². The Labute approximate surface area is 170 Å². The number of hydrogen-bond donors (Lipinski definition) is 1. The number of hydrogen-bond acceptors (Lipinski definition) is 5. The third-order valence-electron chi connectivity index (χ3n) is 3.88. The van der Waals surface area contributed by atoms with Gasteiger partial charge >= 0.3 is 0 Å². The number of methoxy groups -OCH3 is 1. The van der Waals surface area contributed by atoms with Crippen molar-refractivity contribution in [2.24, 2.45) is 0 Å². The van der Waals surface area contributed by atoms with Crippen LogP contribution in [0.4, 0.5) is 5.69 Å². The number of amides is 1. The molecule has 0 radical (unpaired) electrons. The van der Waals surface area contributed by atoms with Crippen molar-refractivity contribution in [1.82, 2.24) is 4.31 Å². The highest BCUT2D eigenvalue weighted by Gasteiger charge is 2.25. The van der Waals surface area contributed by atoms with Gasteiger partial charge in [0.15, 0.2) is 0 Å². The van der Waals surface area contributed by atoms with Gasteiger partial charge in [0.05, 0.1) is 30.8 Å². The summed E-state index contributed by atoms with van der Waals surface area (Å²) in [4.78, 5) is 12.5. The zero-order valence-electron chi connectivity index (χ0n) is 15.9. The molecule has 2 aromatic carbocycles. The summed E-state index contributed by atoms with van der Waals surface area (Å²) in [6, 6.07) is 10.9. The fourth-order valence-corrected chi connectivity index (χ4v) is 4.10. The molecule has 152 valence electrons. The highest BCUT2D eigenvalue weighted by molar-refractivity contribution is 7.89. The van der Waals surface area contributed by atoms with Crippen molar-refractivity contribution in [1.29, 1.82) is 0 Å². The van der Waals surface area contributed by atoms with Crippen LogP contribution < -0.4 is 14.8 Å². The SMILES string of the molecule is CCOc1ccc(S(=O)(=O)N(CC)CC(=O)Nc2cc(Cl)ccc2OC)cc1. The first-order chi connectivity index (χ1) is 13.3. The molecule has 1 amide bonds. The molecule has 0 unspecified atom stereocenters. The van der Waals surface area contributed by atoms with Gasteiger partial charge in [0, 0.05) is 11.6 Å². The lowest BCUT2D eigenvalue weighted by atomic mass is 10.3. The third-order valence-corrected chi connectivity index (χ3v) is 6.05. The van der Waals surface area contributed by atoms with Crippen molar-refractivity contribution in [2.45, 2.75) is 18.7 Å². The van der Waals surface area contributed by atoms with E-state index in [2.05, 4.69) is 5.32 Å². The largest absolute Gasteiger partial charge is 0.495 e. The molecule has 0 saturated heterocycles. The fraction of sp³-hybridized carbons (Fsp3) is 0.316. The Morgan fingerprint density at radius 3 is 2.39 bits per heavy atom. The Balaban J connectivity index is 2.16.